The number of carboxylic acid groups (broad SMARTS) is 1. The number of anilines is 2. The van der Waals surface area contributed by atoms with Gasteiger partial charge in [0, 0.05) is 77.8 Å². The summed E-state index contributed by atoms with van der Waals surface area (Å²) in [5.74, 6) is 1.54. The molecule has 0 atom stereocenters. The number of hydrogen-bond acceptors (Lipinski definition) is 11. The van der Waals surface area contributed by atoms with Crippen LogP contribution in [0.3, 0.4) is 0 Å². The number of rotatable bonds is 12. The first-order chi connectivity index (χ1) is 36.3. The smallest absolute Gasteiger partial charge is 0.352 e. The normalized spacial score (nSPS) is 13.0. The number of aromatic amines is 2. The van der Waals surface area contributed by atoms with E-state index in [9.17, 15) is 19.2 Å². The molecular weight excluding hydrogens is 1050 g/mol. The molecule has 6 heterocycles. The fraction of sp³-hybridized carbons (Fsp3) is 0.111. The van der Waals surface area contributed by atoms with Crippen LogP contribution in [0.4, 0.5) is 11.4 Å². The standard InChI is InChI=1S/C33H27Cl2N5O5.C21H13Cl2N3O4/c34-25-5-2-21(15-26(25)35)32(41)37-23-3-8-31(36-17-23)45-24-4-6-27-22(14-24)16-28(38-27)33(42)40-11-9-39(10-12-40)18-20-1-7-29-30(13-20)44-19-43-29;22-15-4-1-11(8-16(15)23)20(27)25-13-2-6-19(24-10-13)30-14-3-5-17-12(7-14)9-18(26-17)21(28)29/h1-8,13-17,38H,9-12,18-19H2,(H,37,41);1-10,26H,(H,25,27)(H,28,29). The number of hydrogen-bond donors (Lipinski definition) is 5. The highest BCUT2D eigenvalue weighted by atomic mass is 35.5. The van der Waals surface area contributed by atoms with Crippen LogP contribution in [-0.4, -0.2) is 91.5 Å². The summed E-state index contributed by atoms with van der Waals surface area (Å²) in [7, 11) is 0. The maximum absolute atomic E-state index is 13.3. The molecule has 3 amide bonds. The third-order valence-corrected chi connectivity index (χ3v) is 13.4. The Morgan fingerprint density at radius 1 is 0.573 bits per heavy atom. The summed E-state index contributed by atoms with van der Waals surface area (Å²) in [6.07, 6.45) is 2.97. The lowest BCUT2D eigenvalue weighted by molar-refractivity contribution is 0.0622. The number of H-pyrrole nitrogens is 2. The topological polar surface area (TPSA) is 213 Å². The second-order valence-electron chi connectivity index (χ2n) is 17.1. The van der Waals surface area contributed by atoms with Crippen LogP contribution in [0.2, 0.25) is 20.1 Å². The predicted octanol–water partition coefficient (Wildman–Crippen LogP) is 12.2. The Kier molecular flexibility index (Phi) is 14.8. The lowest BCUT2D eigenvalue weighted by atomic mass is 10.1. The van der Waals surface area contributed by atoms with Crippen LogP contribution in [-0.2, 0) is 6.54 Å². The summed E-state index contributed by atoms with van der Waals surface area (Å²) in [6.45, 7) is 3.90. The number of carboxylic acids is 1. The van der Waals surface area contributed by atoms with Gasteiger partial charge in [-0.2, -0.15) is 0 Å². The van der Waals surface area contributed by atoms with Crippen LogP contribution in [0, 0.1) is 0 Å². The van der Waals surface area contributed by atoms with E-state index in [1.807, 2.05) is 41.3 Å². The van der Waals surface area contributed by atoms with Gasteiger partial charge >= 0.3 is 5.97 Å². The van der Waals surface area contributed by atoms with Gasteiger partial charge in [-0.1, -0.05) is 52.5 Å². The van der Waals surface area contributed by atoms with E-state index in [2.05, 4.69) is 41.5 Å². The summed E-state index contributed by atoms with van der Waals surface area (Å²) in [5, 5.41) is 17.4. The van der Waals surface area contributed by atoms with Crippen molar-refractivity contribution in [2.24, 2.45) is 0 Å². The molecule has 4 aromatic heterocycles. The molecule has 0 unspecified atom stereocenters. The summed E-state index contributed by atoms with van der Waals surface area (Å²) in [4.78, 5) is 68.0. The number of ether oxygens (including phenoxy) is 4. The van der Waals surface area contributed by atoms with E-state index in [0.717, 1.165) is 47.6 Å². The molecule has 5 N–H and O–H groups in total. The van der Waals surface area contributed by atoms with Gasteiger partial charge in [0.15, 0.2) is 11.5 Å². The number of halogens is 4. The fourth-order valence-corrected chi connectivity index (χ4v) is 8.70. The fourth-order valence-electron chi connectivity index (χ4n) is 8.11. The van der Waals surface area contributed by atoms with Crippen LogP contribution < -0.4 is 29.6 Å². The minimum atomic E-state index is -1.03. The van der Waals surface area contributed by atoms with Crippen molar-refractivity contribution in [3.8, 4) is 34.8 Å². The van der Waals surface area contributed by atoms with Crippen molar-refractivity contribution < 1.29 is 43.2 Å². The summed E-state index contributed by atoms with van der Waals surface area (Å²) < 4.78 is 22.6. The molecule has 0 bridgehead atoms. The average molecular weight is 1090 g/mol. The van der Waals surface area contributed by atoms with Crippen molar-refractivity contribution in [2.45, 2.75) is 6.54 Å². The predicted molar refractivity (Wildman–Crippen MR) is 285 cm³/mol. The molecular formula is C54H40Cl4N8O9. The van der Waals surface area contributed by atoms with Gasteiger partial charge in [-0.25, -0.2) is 14.8 Å². The van der Waals surface area contributed by atoms with E-state index in [4.69, 9.17) is 70.5 Å². The number of piperazine rings is 1. The largest absolute Gasteiger partial charge is 0.477 e. The first-order valence-corrected chi connectivity index (χ1v) is 24.5. The van der Waals surface area contributed by atoms with Gasteiger partial charge in [0.25, 0.3) is 17.7 Å². The number of carbonyl (C=O) groups excluding carboxylic acids is 3. The first-order valence-electron chi connectivity index (χ1n) is 23.0. The van der Waals surface area contributed by atoms with Gasteiger partial charge in [0.2, 0.25) is 18.6 Å². The molecule has 17 nitrogen and oxygen atoms in total. The Hall–Kier alpha value is -8.32. The number of carbonyl (C=O) groups is 4. The summed E-state index contributed by atoms with van der Waals surface area (Å²) >= 11 is 23.8. The summed E-state index contributed by atoms with van der Waals surface area (Å²) in [5.41, 5.74) is 5.03. The van der Waals surface area contributed by atoms with Crippen LogP contribution in [0.15, 0.2) is 140 Å². The van der Waals surface area contributed by atoms with E-state index in [1.165, 1.54) is 30.6 Å². The van der Waals surface area contributed by atoms with Crippen LogP contribution in [0.5, 0.6) is 34.8 Å². The Morgan fingerprint density at radius 3 is 1.63 bits per heavy atom. The Labute approximate surface area is 446 Å². The lowest BCUT2D eigenvalue weighted by Crippen LogP contribution is -2.48. The molecule has 0 radical (unpaired) electrons. The van der Waals surface area contributed by atoms with Gasteiger partial charge in [-0.15, -0.1) is 0 Å². The zero-order chi connectivity index (χ0) is 52.2. The molecule has 2 aliphatic heterocycles. The SMILES string of the molecule is O=C(Nc1ccc(Oc2ccc3[nH]c(C(=O)N4CCN(Cc5ccc6c(c5)OCO6)CC4)cc3c2)nc1)c1ccc(Cl)c(Cl)c1.O=C(Nc1ccc(Oc2ccc3[nH]c(C(=O)O)cc3c2)nc1)c1ccc(Cl)c(Cl)c1. The number of aromatic carboxylic acids is 1. The van der Waals surface area contributed by atoms with Gasteiger partial charge in [0.05, 0.1) is 43.9 Å². The second-order valence-corrected chi connectivity index (χ2v) is 18.7. The summed E-state index contributed by atoms with van der Waals surface area (Å²) in [6, 6.07) is 35.9. The molecule has 75 heavy (non-hydrogen) atoms. The second kappa shape index (κ2) is 22.0. The maximum atomic E-state index is 13.3. The van der Waals surface area contributed by atoms with E-state index in [-0.39, 0.29) is 30.2 Å². The molecule has 378 valence electrons. The third kappa shape index (κ3) is 12.0. The van der Waals surface area contributed by atoms with Crippen LogP contribution in [0.1, 0.15) is 47.3 Å². The number of fused-ring (bicyclic) bond motifs is 3. The highest BCUT2D eigenvalue weighted by Gasteiger charge is 2.24. The molecule has 1 saturated heterocycles. The van der Waals surface area contributed by atoms with Gasteiger partial charge in [-0.3, -0.25) is 19.3 Å². The van der Waals surface area contributed by atoms with Crippen molar-refractivity contribution in [1.82, 2.24) is 29.7 Å². The Morgan fingerprint density at radius 2 is 1.11 bits per heavy atom. The molecule has 9 aromatic rings. The van der Waals surface area contributed by atoms with E-state index in [1.54, 1.807) is 66.7 Å². The third-order valence-electron chi connectivity index (χ3n) is 11.9. The minimum absolute atomic E-state index is 0.0310. The molecule has 0 saturated carbocycles. The molecule has 5 aromatic carbocycles. The number of amides is 3. The van der Waals surface area contributed by atoms with Gasteiger partial charge < -0.3 is 49.6 Å². The number of nitrogens with zero attached hydrogens (tertiary/aromatic N) is 4. The first kappa shape index (κ1) is 50.2. The molecule has 11 rings (SSSR count). The molecule has 0 spiro atoms. The zero-order valence-corrected chi connectivity index (χ0v) is 42.1. The van der Waals surface area contributed by atoms with Crippen LogP contribution >= 0.6 is 46.4 Å². The van der Waals surface area contributed by atoms with E-state index in [0.29, 0.717) is 95.5 Å². The minimum Gasteiger partial charge on any atom is -0.477 e. The number of nitrogens with one attached hydrogen (secondary N) is 4. The molecule has 0 aliphatic carbocycles. The quantitative estimate of drug-likeness (QED) is 0.0773. The highest BCUT2D eigenvalue weighted by molar-refractivity contribution is 6.42. The van der Waals surface area contributed by atoms with Crippen molar-refractivity contribution in [1.29, 1.82) is 0 Å². The zero-order valence-electron chi connectivity index (χ0n) is 39.0. The Bertz CT molecular complexity index is 3640. The number of aromatic nitrogens is 4. The van der Waals surface area contributed by atoms with Gasteiger partial charge in [-0.05, 0) is 115 Å². The van der Waals surface area contributed by atoms with Crippen molar-refractivity contribution in [3.63, 3.8) is 0 Å². The Balaban J connectivity index is 0.000000186. The monoisotopic (exact) mass is 1080 g/mol. The average Bonchev–Trinajstić information content (AvgIpc) is 4.19. The molecule has 2 aliphatic rings. The maximum Gasteiger partial charge on any atom is 0.352 e. The van der Waals surface area contributed by atoms with Gasteiger partial charge in [0.1, 0.15) is 22.9 Å². The molecule has 21 heteroatoms. The van der Waals surface area contributed by atoms with E-state index < -0.39 is 5.97 Å². The highest BCUT2D eigenvalue weighted by Crippen LogP contribution is 2.34. The van der Waals surface area contributed by atoms with Crippen molar-refractivity contribution >= 4 is 103 Å². The number of benzene rings is 5. The number of pyridine rings is 2. The lowest BCUT2D eigenvalue weighted by Gasteiger charge is -2.34. The van der Waals surface area contributed by atoms with Crippen LogP contribution in [0.25, 0.3) is 21.8 Å². The van der Waals surface area contributed by atoms with Crippen molar-refractivity contribution in [3.05, 3.63) is 188 Å². The van der Waals surface area contributed by atoms with E-state index >= 15 is 0 Å². The van der Waals surface area contributed by atoms with Crippen molar-refractivity contribution in [2.75, 3.05) is 43.6 Å². The molecule has 1 fully saturated rings.